The number of amides is 1. The lowest BCUT2D eigenvalue weighted by atomic mass is 10.1. The van der Waals surface area contributed by atoms with E-state index in [0.29, 0.717) is 5.82 Å². The average molecular weight is 378 g/mol. The fourth-order valence-corrected chi connectivity index (χ4v) is 3.05. The molecule has 0 atom stereocenters. The van der Waals surface area contributed by atoms with Crippen LogP contribution in [-0.4, -0.2) is 29.0 Å². The van der Waals surface area contributed by atoms with Crippen LogP contribution in [0.15, 0.2) is 30.3 Å². The van der Waals surface area contributed by atoms with Crippen LogP contribution in [0.5, 0.6) is 0 Å². The number of benzene rings is 1. The number of anilines is 1. The molecule has 1 fully saturated rings. The van der Waals surface area contributed by atoms with E-state index in [0.717, 1.165) is 61.7 Å². The van der Waals surface area contributed by atoms with Crippen molar-refractivity contribution in [3.63, 3.8) is 0 Å². The molecule has 1 N–H and O–H groups in total. The fraction of sp³-hybridized carbons (Fsp3) is 0.421. The number of carbonyl (C=O) groups excluding carboxylic acids is 1. The highest BCUT2D eigenvalue weighted by atomic mass is 19.4. The molecular formula is C19H21F3N4O. The highest BCUT2D eigenvalue weighted by molar-refractivity contribution is 5.94. The fourth-order valence-electron chi connectivity index (χ4n) is 3.05. The van der Waals surface area contributed by atoms with Gasteiger partial charge in [-0.2, -0.15) is 13.2 Å². The monoisotopic (exact) mass is 378 g/mol. The van der Waals surface area contributed by atoms with Crippen molar-refractivity contribution in [2.75, 3.05) is 18.0 Å². The lowest BCUT2D eigenvalue weighted by molar-refractivity contribution is -0.137. The Morgan fingerprint density at radius 2 is 1.78 bits per heavy atom. The molecule has 0 spiro atoms. The molecule has 27 heavy (non-hydrogen) atoms. The molecule has 2 aromatic rings. The van der Waals surface area contributed by atoms with E-state index in [4.69, 9.17) is 0 Å². The van der Waals surface area contributed by atoms with E-state index in [9.17, 15) is 18.0 Å². The van der Waals surface area contributed by atoms with E-state index < -0.39 is 17.6 Å². The summed E-state index contributed by atoms with van der Waals surface area (Å²) >= 11 is 0. The smallest absolute Gasteiger partial charge is 0.357 e. The molecule has 0 bridgehead atoms. The first kappa shape index (κ1) is 19.1. The number of nitrogens with one attached hydrogen (secondary N) is 1. The van der Waals surface area contributed by atoms with Crippen molar-refractivity contribution in [1.82, 2.24) is 15.3 Å². The predicted octanol–water partition coefficient (Wildman–Crippen LogP) is 3.72. The summed E-state index contributed by atoms with van der Waals surface area (Å²) in [6.45, 7) is 3.89. The summed E-state index contributed by atoms with van der Waals surface area (Å²) in [5.74, 6) is 0.866. The Bertz CT molecular complexity index is 800. The Balaban J connectivity index is 1.65. The molecule has 5 nitrogen and oxygen atoms in total. The van der Waals surface area contributed by atoms with Gasteiger partial charge in [0.2, 0.25) is 0 Å². The molecule has 1 aliphatic heterocycles. The van der Waals surface area contributed by atoms with Crippen LogP contribution < -0.4 is 10.2 Å². The zero-order chi connectivity index (χ0) is 19.4. The molecule has 3 rings (SSSR count). The summed E-state index contributed by atoms with van der Waals surface area (Å²) in [5.41, 5.74) is 0.184. The molecule has 0 aliphatic carbocycles. The number of alkyl halides is 3. The molecule has 1 aromatic heterocycles. The van der Waals surface area contributed by atoms with Crippen molar-refractivity contribution < 1.29 is 18.0 Å². The Labute approximate surface area is 155 Å². The van der Waals surface area contributed by atoms with Gasteiger partial charge in [-0.05, 0) is 50.5 Å². The summed E-state index contributed by atoms with van der Waals surface area (Å²) in [6.07, 6.45) is -0.946. The first-order valence-electron chi connectivity index (χ1n) is 8.88. The minimum absolute atomic E-state index is 0.113. The highest BCUT2D eigenvalue weighted by Gasteiger charge is 2.30. The van der Waals surface area contributed by atoms with Crippen molar-refractivity contribution in [2.45, 2.75) is 38.9 Å². The highest BCUT2D eigenvalue weighted by Crippen LogP contribution is 2.29. The molecule has 0 saturated carbocycles. The molecule has 1 saturated heterocycles. The maximum Gasteiger partial charge on any atom is 0.416 e. The quantitative estimate of drug-likeness (QED) is 0.881. The second kappa shape index (κ2) is 7.94. The van der Waals surface area contributed by atoms with Gasteiger partial charge in [-0.1, -0.05) is 0 Å². The van der Waals surface area contributed by atoms with Crippen molar-refractivity contribution in [3.8, 4) is 0 Å². The Morgan fingerprint density at radius 3 is 2.41 bits per heavy atom. The van der Waals surface area contributed by atoms with Gasteiger partial charge >= 0.3 is 6.18 Å². The zero-order valence-electron chi connectivity index (χ0n) is 15.0. The lowest BCUT2D eigenvalue weighted by Crippen LogP contribution is -2.31. The molecule has 0 unspecified atom stereocenters. The number of piperidine rings is 1. The summed E-state index contributed by atoms with van der Waals surface area (Å²) in [4.78, 5) is 23.3. The number of rotatable bonds is 4. The van der Waals surface area contributed by atoms with Crippen LogP contribution in [0.3, 0.4) is 0 Å². The topological polar surface area (TPSA) is 58.1 Å². The van der Waals surface area contributed by atoms with E-state index in [1.165, 1.54) is 6.42 Å². The van der Waals surface area contributed by atoms with E-state index in [-0.39, 0.29) is 12.1 Å². The van der Waals surface area contributed by atoms with Gasteiger partial charge in [0.1, 0.15) is 11.6 Å². The standard InChI is InChI=1S/C19H21F3N4O/c1-13-11-17(26-9-3-2-4-10-26)25-16(24-13)12-23-18(27)14-5-7-15(8-6-14)19(20,21)22/h5-8,11H,2-4,9-10,12H2,1H3,(H,23,27). The van der Waals surface area contributed by atoms with Crippen LogP contribution in [-0.2, 0) is 12.7 Å². The van der Waals surface area contributed by atoms with Crippen molar-refractivity contribution in [1.29, 1.82) is 0 Å². The SMILES string of the molecule is Cc1cc(N2CCCCC2)nc(CNC(=O)c2ccc(C(F)(F)F)cc2)n1. The number of nitrogens with zero attached hydrogens (tertiary/aromatic N) is 3. The molecular weight excluding hydrogens is 357 g/mol. The predicted molar refractivity (Wildman–Crippen MR) is 95.4 cm³/mol. The second-order valence-electron chi connectivity index (χ2n) is 6.59. The van der Waals surface area contributed by atoms with Gasteiger partial charge in [0, 0.05) is 30.4 Å². The maximum atomic E-state index is 12.6. The van der Waals surface area contributed by atoms with Crippen LogP contribution in [0.1, 0.15) is 46.7 Å². The molecule has 0 radical (unpaired) electrons. The van der Waals surface area contributed by atoms with Crippen molar-refractivity contribution in [3.05, 3.63) is 53.0 Å². The van der Waals surface area contributed by atoms with E-state index in [1.807, 2.05) is 13.0 Å². The number of hydrogen-bond donors (Lipinski definition) is 1. The largest absolute Gasteiger partial charge is 0.416 e. The average Bonchev–Trinajstić information content (AvgIpc) is 2.66. The number of carbonyl (C=O) groups is 1. The molecule has 1 aromatic carbocycles. The van der Waals surface area contributed by atoms with Gasteiger partial charge in [0.05, 0.1) is 12.1 Å². The van der Waals surface area contributed by atoms with Crippen LogP contribution in [0.2, 0.25) is 0 Å². The van der Waals surface area contributed by atoms with Gasteiger partial charge in [0.15, 0.2) is 0 Å². The Hall–Kier alpha value is -2.64. The third-order valence-corrected chi connectivity index (χ3v) is 4.45. The van der Waals surface area contributed by atoms with E-state index >= 15 is 0 Å². The van der Waals surface area contributed by atoms with Gasteiger partial charge < -0.3 is 10.2 Å². The normalized spacial score (nSPS) is 14.9. The Morgan fingerprint density at radius 1 is 1.11 bits per heavy atom. The second-order valence-corrected chi connectivity index (χ2v) is 6.59. The third-order valence-electron chi connectivity index (χ3n) is 4.45. The number of aryl methyl sites for hydroxylation is 1. The maximum absolute atomic E-state index is 12.6. The number of hydrogen-bond acceptors (Lipinski definition) is 4. The summed E-state index contributed by atoms with van der Waals surface area (Å²) < 4.78 is 37.8. The van der Waals surface area contributed by atoms with Gasteiger partial charge in [0.25, 0.3) is 5.91 Å². The first-order valence-corrected chi connectivity index (χ1v) is 8.88. The molecule has 1 aliphatic rings. The number of aromatic nitrogens is 2. The zero-order valence-corrected chi connectivity index (χ0v) is 15.0. The van der Waals surface area contributed by atoms with Gasteiger partial charge in [-0.3, -0.25) is 4.79 Å². The van der Waals surface area contributed by atoms with Crippen LogP contribution in [0.4, 0.5) is 19.0 Å². The summed E-state index contributed by atoms with van der Waals surface area (Å²) in [7, 11) is 0. The lowest BCUT2D eigenvalue weighted by Gasteiger charge is -2.28. The van der Waals surface area contributed by atoms with Crippen LogP contribution in [0.25, 0.3) is 0 Å². The van der Waals surface area contributed by atoms with Crippen molar-refractivity contribution in [2.24, 2.45) is 0 Å². The van der Waals surface area contributed by atoms with Gasteiger partial charge in [-0.15, -0.1) is 0 Å². The van der Waals surface area contributed by atoms with E-state index in [1.54, 1.807) is 0 Å². The van der Waals surface area contributed by atoms with Crippen LogP contribution in [0, 0.1) is 6.92 Å². The summed E-state index contributed by atoms with van der Waals surface area (Å²) in [5, 5.41) is 2.67. The minimum atomic E-state index is -4.42. The molecule has 144 valence electrons. The van der Waals surface area contributed by atoms with Crippen LogP contribution >= 0.6 is 0 Å². The summed E-state index contributed by atoms with van der Waals surface area (Å²) in [6, 6.07) is 6.04. The molecule has 1 amide bonds. The van der Waals surface area contributed by atoms with E-state index in [2.05, 4.69) is 20.2 Å². The number of halogens is 3. The first-order chi connectivity index (χ1) is 12.8. The molecule has 2 heterocycles. The Kier molecular flexibility index (Phi) is 5.62. The van der Waals surface area contributed by atoms with Crippen molar-refractivity contribution >= 4 is 11.7 Å². The minimum Gasteiger partial charge on any atom is -0.357 e. The third kappa shape index (κ3) is 4.96. The van der Waals surface area contributed by atoms with Gasteiger partial charge in [-0.25, -0.2) is 9.97 Å². The molecule has 8 heteroatoms.